The molecule has 1 aliphatic carbocycles. The van der Waals surface area contributed by atoms with Gasteiger partial charge in [-0.15, -0.1) is 0 Å². The van der Waals surface area contributed by atoms with Crippen molar-refractivity contribution in [2.75, 3.05) is 0 Å². The molecule has 0 bridgehead atoms. The van der Waals surface area contributed by atoms with Crippen LogP contribution < -0.4 is 4.72 Å². The zero-order valence-electron chi connectivity index (χ0n) is 8.90. The average molecular weight is 236 g/mol. The lowest BCUT2D eigenvalue weighted by molar-refractivity contribution is 0.558. The highest BCUT2D eigenvalue weighted by molar-refractivity contribution is 7.89. The van der Waals surface area contributed by atoms with Gasteiger partial charge in [-0.3, -0.25) is 0 Å². The van der Waals surface area contributed by atoms with E-state index in [9.17, 15) is 8.42 Å². The van der Waals surface area contributed by atoms with Crippen LogP contribution in [0.25, 0.3) is 0 Å². The number of nitrogens with zero attached hydrogens (tertiary/aromatic N) is 1. The first-order chi connectivity index (χ1) is 7.47. The fourth-order valence-electron chi connectivity index (χ4n) is 1.46. The van der Waals surface area contributed by atoms with Crippen LogP contribution in [0.5, 0.6) is 0 Å². The Hall–Kier alpha value is -1.38. The molecule has 0 atom stereocenters. The third-order valence-electron chi connectivity index (χ3n) is 2.68. The van der Waals surface area contributed by atoms with Gasteiger partial charge in [0.1, 0.15) is 6.07 Å². The standard InChI is InChI=1S/C11H12N2O2S/c1-11(6-7-11)13-16(14,15)10-5-3-2-4-9(10)8-12/h2-5,13H,6-7H2,1H3. The summed E-state index contributed by atoms with van der Waals surface area (Å²) in [7, 11) is -3.57. The number of sulfonamides is 1. The Labute approximate surface area is 95.0 Å². The fourth-order valence-corrected chi connectivity index (χ4v) is 3.09. The molecule has 2 rings (SSSR count). The van der Waals surface area contributed by atoms with Crippen LogP contribution >= 0.6 is 0 Å². The minimum Gasteiger partial charge on any atom is -0.207 e. The summed E-state index contributed by atoms with van der Waals surface area (Å²) >= 11 is 0. The molecule has 0 aromatic heterocycles. The maximum atomic E-state index is 12.0. The molecule has 0 amide bonds. The molecule has 0 aliphatic heterocycles. The van der Waals surface area contributed by atoms with Crippen LogP contribution in [-0.2, 0) is 10.0 Å². The quantitative estimate of drug-likeness (QED) is 0.862. The van der Waals surface area contributed by atoms with Gasteiger partial charge in [0.25, 0.3) is 0 Å². The largest absolute Gasteiger partial charge is 0.242 e. The van der Waals surface area contributed by atoms with E-state index >= 15 is 0 Å². The van der Waals surface area contributed by atoms with Crippen LogP contribution in [0.15, 0.2) is 29.2 Å². The van der Waals surface area contributed by atoms with Crippen LogP contribution in [0.1, 0.15) is 25.3 Å². The van der Waals surface area contributed by atoms with Crippen molar-refractivity contribution < 1.29 is 8.42 Å². The first-order valence-corrected chi connectivity index (χ1v) is 6.48. The molecule has 16 heavy (non-hydrogen) atoms. The van der Waals surface area contributed by atoms with Gasteiger partial charge in [0.05, 0.1) is 10.5 Å². The second kappa shape index (κ2) is 3.58. The van der Waals surface area contributed by atoms with Crippen LogP contribution in [-0.4, -0.2) is 14.0 Å². The molecule has 5 heteroatoms. The highest BCUT2D eigenvalue weighted by Crippen LogP contribution is 2.36. The maximum Gasteiger partial charge on any atom is 0.242 e. The van der Waals surface area contributed by atoms with Crippen molar-refractivity contribution in [2.45, 2.75) is 30.2 Å². The van der Waals surface area contributed by atoms with E-state index in [1.807, 2.05) is 13.0 Å². The number of nitriles is 1. The zero-order valence-corrected chi connectivity index (χ0v) is 9.71. The lowest BCUT2D eigenvalue weighted by Gasteiger charge is -2.12. The van der Waals surface area contributed by atoms with Crippen LogP contribution in [0.3, 0.4) is 0 Å². The van der Waals surface area contributed by atoms with E-state index in [0.29, 0.717) is 0 Å². The van der Waals surface area contributed by atoms with Crippen molar-refractivity contribution in [1.82, 2.24) is 4.72 Å². The van der Waals surface area contributed by atoms with Gasteiger partial charge in [0.2, 0.25) is 10.0 Å². The van der Waals surface area contributed by atoms with Gasteiger partial charge < -0.3 is 0 Å². The Balaban J connectivity index is 2.40. The average Bonchev–Trinajstić information content (AvgIpc) is 2.95. The highest BCUT2D eigenvalue weighted by Gasteiger charge is 2.41. The first kappa shape index (κ1) is 11.1. The smallest absolute Gasteiger partial charge is 0.207 e. The van der Waals surface area contributed by atoms with Gasteiger partial charge in [-0.25, -0.2) is 13.1 Å². The van der Waals surface area contributed by atoms with E-state index < -0.39 is 10.0 Å². The van der Waals surface area contributed by atoms with Gasteiger partial charge in [0, 0.05) is 5.54 Å². The van der Waals surface area contributed by atoms with Gasteiger partial charge in [0.15, 0.2) is 0 Å². The second-order valence-corrected chi connectivity index (χ2v) is 5.92. The van der Waals surface area contributed by atoms with Crippen molar-refractivity contribution in [3.05, 3.63) is 29.8 Å². The van der Waals surface area contributed by atoms with Gasteiger partial charge in [-0.2, -0.15) is 5.26 Å². The molecule has 1 saturated carbocycles. The third kappa shape index (κ3) is 2.08. The molecule has 1 fully saturated rings. The predicted octanol–water partition coefficient (Wildman–Crippen LogP) is 1.39. The Morgan fingerprint density at radius 2 is 2.00 bits per heavy atom. The fraction of sp³-hybridized carbons (Fsp3) is 0.364. The summed E-state index contributed by atoms with van der Waals surface area (Å²) in [6, 6.07) is 8.11. The molecule has 4 nitrogen and oxygen atoms in total. The van der Waals surface area contributed by atoms with E-state index in [0.717, 1.165) is 12.8 Å². The van der Waals surface area contributed by atoms with Gasteiger partial charge >= 0.3 is 0 Å². The lowest BCUT2D eigenvalue weighted by Crippen LogP contribution is -2.34. The Morgan fingerprint density at radius 1 is 1.38 bits per heavy atom. The van der Waals surface area contributed by atoms with Crippen molar-refractivity contribution in [2.24, 2.45) is 0 Å². The molecular formula is C11H12N2O2S. The molecule has 1 N–H and O–H groups in total. The van der Waals surface area contributed by atoms with Crippen LogP contribution in [0, 0.1) is 11.3 Å². The van der Waals surface area contributed by atoms with Crippen molar-refractivity contribution in [1.29, 1.82) is 5.26 Å². The Morgan fingerprint density at radius 3 is 2.56 bits per heavy atom. The topological polar surface area (TPSA) is 70.0 Å². The third-order valence-corrected chi connectivity index (χ3v) is 4.37. The maximum absolute atomic E-state index is 12.0. The molecule has 84 valence electrons. The molecule has 1 aromatic rings. The van der Waals surface area contributed by atoms with E-state index in [1.54, 1.807) is 12.1 Å². The minimum absolute atomic E-state index is 0.0608. The summed E-state index contributed by atoms with van der Waals surface area (Å²) in [4.78, 5) is 0.0608. The number of hydrogen-bond donors (Lipinski definition) is 1. The monoisotopic (exact) mass is 236 g/mol. The Bertz CT molecular complexity index is 554. The zero-order chi connectivity index (χ0) is 11.8. The second-order valence-electron chi connectivity index (χ2n) is 4.27. The lowest BCUT2D eigenvalue weighted by atomic mass is 10.2. The van der Waals surface area contributed by atoms with E-state index in [2.05, 4.69) is 4.72 Å². The Kier molecular flexibility index (Phi) is 2.49. The van der Waals surface area contributed by atoms with Crippen LogP contribution in [0.4, 0.5) is 0 Å². The van der Waals surface area contributed by atoms with E-state index in [-0.39, 0.29) is 16.0 Å². The summed E-state index contributed by atoms with van der Waals surface area (Å²) in [6.45, 7) is 1.86. The number of rotatable bonds is 3. The molecular weight excluding hydrogens is 224 g/mol. The van der Waals surface area contributed by atoms with Crippen LogP contribution in [0.2, 0.25) is 0 Å². The minimum atomic E-state index is -3.57. The van der Waals surface area contributed by atoms with E-state index in [4.69, 9.17) is 5.26 Å². The summed E-state index contributed by atoms with van der Waals surface area (Å²) < 4.78 is 26.6. The number of nitrogens with one attached hydrogen (secondary N) is 1. The molecule has 0 heterocycles. The molecule has 1 aromatic carbocycles. The summed E-state index contributed by atoms with van der Waals surface area (Å²) in [6.07, 6.45) is 1.70. The molecule has 0 unspecified atom stereocenters. The summed E-state index contributed by atoms with van der Waals surface area (Å²) in [5.74, 6) is 0. The van der Waals surface area contributed by atoms with E-state index in [1.165, 1.54) is 12.1 Å². The molecule has 0 saturated heterocycles. The normalized spacial score (nSPS) is 17.8. The first-order valence-electron chi connectivity index (χ1n) is 5.00. The molecule has 1 aliphatic rings. The van der Waals surface area contributed by atoms with Crippen molar-refractivity contribution in [3.63, 3.8) is 0 Å². The molecule has 0 radical (unpaired) electrons. The highest BCUT2D eigenvalue weighted by atomic mass is 32.2. The van der Waals surface area contributed by atoms with Gasteiger partial charge in [-0.1, -0.05) is 12.1 Å². The van der Waals surface area contributed by atoms with Crippen molar-refractivity contribution in [3.8, 4) is 6.07 Å². The number of hydrogen-bond acceptors (Lipinski definition) is 3. The van der Waals surface area contributed by atoms with Gasteiger partial charge in [-0.05, 0) is 31.9 Å². The summed E-state index contributed by atoms with van der Waals surface area (Å²) in [5, 5.41) is 8.85. The predicted molar refractivity (Wildman–Crippen MR) is 59.1 cm³/mol. The summed E-state index contributed by atoms with van der Waals surface area (Å²) in [5.41, 5.74) is -0.138. The SMILES string of the molecule is CC1(NS(=O)(=O)c2ccccc2C#N)CC1. The number of benzene rings is 1. The van der Waals surface area contributed by atoms with Crippen molar-refractivity contribution >= 4 is 10.0 Å². The molecule has 0 spiro atoms.